The highest BCUT2D eigenvalue weighted by Gasteiger charge is 2.31. The Morgan fingerprint density at radius 1 is 1.18 bits per heavy atom. The van der Waals surface area contributed by atoms with Crippen molar-refractivity contribution in [3.8, 4) is 0 Å². The number of piperidine rings is 1. The lowest BCUT2D eigenvalue weighted by atomic mass is 9.96. The number of ether oxygens (including phenoxy) is 1. The zero-order chi connectivity index (χ0) is 24.4. The zero-order valence-electron chi connectivity index (χ0n) is 19.1. The molecule has 0 bridgehead atoms. The number of fused-ring (bicyclic) bond motifs is 1. The summed E-state index contributed by atoms with van der Waals surface area (Å²) in [5.41, 5.74) is 1.91. The van der Waals surface area contributed by atoms with Crippen LogP contribution >= 0.6 is 35.0 Å². The van der Waals surface area contributed by atoms with Gasteiger partial charge in [-0.3, -0.25) is 9.59 Å². The van der Waals surface area contributed by atoms with E-state index in [0.717, 1.165) is 27.1 Å². The molecule has 2 aromatic carbocycles. The van der Waals surface area contributed by atoms with Gasteiger partial charge in [0.25, 0.3) is 5.91 Å². The van der Waals surface area contributed by atoms with Crippen molar-refractivity contribution in [2.45, 2.75) is 29.6 Å². The Kier molecular flexibility index (Phi) is 7.60. The molecule has 34 heavy (non-hydrogen) atoms. The van der Waals surface area contributed by atoms with Crippen molar-refractivity contribution < 1.29 is 14.3 Å². The van der Waals surface area contributed by atoms with Gasteiger partial charge in [0.15, 0.2) is 0 Å². The number of rotatable bonds is 6. The number of likely N-dealkylation sites (tertiary alicyclic amines) is 1. The molecular formula is C26H26Cl2N2O3S. The summed E-state index contributed by atoms with van der Waals surface area (Å²) in [6.45, 7) is 6.98. The van der Waals surface area contributed by atoms with Crippen LogP contribution in [0.2, 0.25) is 10.0 Å². The highest BCUT2D eigenvalue weighted by Crippen LogP contribution is 2.41. The summed E-state index contributed by atoms with van der Waals surface area (Å²) >= 11 is 14.7. The van der Waals surface area contributed by atoms with Crippen LogP contribution in [-0.2, 0) is 21.4 Å². The smallest absolute Gasteiger partial charge is 0.310 e. The number of hydrogen-bond donors (Lipinski definition) is 0. The second-order valence-corrected chi connectivity index (χ2v) is 10.2. The average molecular weight is 517 g/mol. The number of hydrogen-bond acceptors (Lipinski definition) is 4. The number of esters is 1. The summed E-state index contributed by atoms with van der Waals surface area (Å²) in [4.78, 5) is 28.8. The first-order valence-corrected chi connectivity index (χ1v) is 12.7. The van der Waals surface area contributed by atoms with Gasteiger partial charge in [-0.25, -0.2) is 0 Å². The molecule has 1 aromatic heterocycles. The van der Waals surface area contributed by atoms with Crippen LogP contribution in [0.5, 0.6) is 0 Å². The van der Waals surface area contributed by atoms with Gasteiger partial charge in [-0.05, 0) is 50.1 Å². The van der Waals surface area contributed by atoms with Crippen molar-refractivity contribution in [3.05, 3.63) is 64.8 Å². The minimum absolute atomic E-state index is 0.248. The molecule has 0 radical (unpaired) electrons. The molecule has 178 valence electrons. The van der Waals surface area contributed by atoms with E-state index in [-0.39, 0.29) is 23.4 Å². The molecule has 8 heteroatoms. The Balaban J connectivity index is 1.50. The van der Waals surface area contributed by atoms with E-state index in [2.05, 4.69) is 29.3 Å². The fourth-order valence-electron chi connectivity index (χ4n) is 4.21. The van der Waals surface area contributed by atoms with Gasteiger partial charge in [-0.15, -0.1) is 0 Å². The Hall–Kier alpha value is -2.41. The van der Waals surface area contributed by atoms with Gasteiger partial charge in [0.05, 0.1) is 22.6 Å². The first kappa shape index (κ1) is 24.7. The minimum Gasteiger partial charge on any atom is -0.466 e. The van der Waals surface area contributed by atoms with Crippen LogP contribution in [0, 0.1) is 5.92 Å². The molecule has 3 aromatic rings. The maximum atomic E-state index is 13.2. The predicted molar refractivity (Wildman–Crippen MR) is 138 cm³/mol. The third-order valence-electron chi connectivity index (χ3n) is 6.04. The molecule has 2 heterocycles. The molecule has 1 unspecified atom stereocenters. The van der Waals surface area contributed by atoms with Gasteiger partial charge in [0.2, 0.25) is 0 Å². The topological polar surface area (TPSA) is 51.5 Å². The molecule has 4 rings (SSSR count). The molecule has 1 atom stereocenters. The quantitative estimate of drug-likeness (QED) is 0.279. The predicted octanol–water partition coefficient (Wildman–Crippen LogP) is 6.45. The second kappa shape index (κ2) is 10.5. The third kappa shape index (κ3) is 4.99. The minimum atomic E-state index is -0.315. The summed E-state index contributed by atoms with van der Waals surface area (Å²) in [7, 11) is 2.01. The summed E-state index contributed by atoms with van der Waals surface area (Å²) < 4.78 is 7.21. The normalized spacial score (nSPS) is 16.0. The molecule has 1 fully saturated rings. The van der Waals surface area contributed by atoms with Crippen molar-refractivity contribution in [3.63, 3.8) is 0 Å². The Labute approximate surface area is 213 Å². The van der Waals surface area contributed by atoms with Gasteiger partial charge in [0.1, 0.15) is 0 Å². The zero-order valence-corrected chi connectivity index (χ0v) is 21.5. The molecule has 1 aliphatic rings. The van der Waals surface area contributed by atoms with E-state index in [9.17, 15) is 9.59 Å². The summed E-state index contributed by atoms with van der Waals surface area (Å²) in [5, 5.41) is 1.83. The van der Waals surface area contributed by atoms with E-state index < -0.39 is 0 Å². The van der Waals surface area contributed by atoms with E-state index in [1.807, 2.05) is 25.4 Å². The van der Waals surface area contributed by atoms with Crippen LogP contribution in [-0.4, -0.2) is 41.0 Å². The number of benzene rings is 2. The standard InChI is InChI=1S/C26H26Cl2N2O3S/c1-4-33-26(32)18-6-5-12-30(15-18)25(31)16(2)20-8-10-22(24(28)23(20)27)34-19-7-9-21-17(14-19)11-13-29(21)3/h7-11,13-14,18H,2,4-6,12,15H2,1,3H3. The van der Waals surface area contributed by atoms with E-state index in [4.69, 9.17) is 27.9 Å². The maximum Gasteiger partial charge on any atom is 0.310 e. The van der Waals surface area contributed by atoms with Crippen LogP contribution in [0.15, 0.2) is 59.0 Å². The highest BCUT2D eigenvalue weighted by molar-refractivity contribution is 7.99. The molecule has 5 nitrogen and oxygen atoms in total. The molecule has 1 aliphatic heterocycles. The van der Waals surface area contributed by atoms with Crippen molar-refractivity contribution in [1.82, 2.24) is 9.47 Å². The van der Waals surface area contributed by atoms with E-state index >= 15 is 0 Å². The number of aromatic nitrogens is 1. The molecule has 0 saturated carbocycles. The number of carbonyl (C=O) groups excluding carboxylic acids is 2. The van der Waals surface area contributed by atoms with E-state index in [0.29, 0.717) is 41.7 Å². The fraction of sp³-hybridized carbons (Fsp3) is 0.308. The SMILES string of the molecule is C=C(C(=O)N1CCCC(C(=O)OCC)C1)c1ccc(Sc2ccc3c(ccn3C)c2)c(Cl)c1Cl. The number of nitrogens with zero attached hydrogens (tertiary/aromatic N) is 2. The highest BCUT2D eigenvalue weighted by atomic mass is 35.5. The lowest BCUT2D eigenvalue weighted by Crippen LogP contribution is -2.43. The van der Waals surface area contributed by atoms with Gasteiger partial charge < -0.3 is 14.2 Å². The summed E-state index contributed by atoms with van der Waals surface area (Å²) in [5.74, 6) is -0.825. The monoisotopic (exact) mass is 516 g/mol. The van der Waals surface area contributed by atoms with Crippen molar-refractivity contribution in [2.75, 3.05) is 19.7 Å². The van der Waals surface area contributed by atoms with E-state index in [1.165, 1.54) is 11.8 Å². The first-order chi connectivity index (χ1) is 16.3. The Bertz CT molecular complexity index is 1270. The molecule has 0 spiro atoms. The number of aryl methyl sites for hydroxylation is 1. The van der Waals surface area contributed by atoms with Crippen molar-refractivity contribution in [1.29, 1.82) is 0 Å². The van der Waals surface area contributed by atoms with Gasteiger partial charge >= 0.3 is 5.97 Å². The van der Waals surface area contributed by atoms with Crippen LogP contribution < -0.4 is 0 Å². The molecule has 1 saturated heterocycles. The molecule has 0 aliphatic carbocycles. The molecule has 1 amide bonds. The molecular weight excluding hydrogens is 491 g/mol. The third-order valence-corrected chi connectivity index (χ3v) is 8.09. The van der Waals surface area contributed by atoms with Gasteiger partial charge in [-0.2, -0.15) is 0 Å². The van der Waals surface area contributed by atoms with Crippen LogP contribution in [0.1, 0.15) is 25.3 Å². The maximum absolute atomic E-state index is 13.2. The number of carbonyl (C=O) groups is 2. The Morgan fingerprint density at radius 3 is 2.74 bits per heavy atom. The fourth-order valence-corrected chi connectivity index (χ4v) is 5.73. The summed E-state index contributed by atoms with van der Waals surface area (Å²) in [6.07, 6.45) is 3.47. The first-order valence-electron chi connectivity index (χ1n) is 11.2. The van der Waals surface area contributed by atoms with Crippen LogP contribution in [0.25, 0.3) is 16.5 Å². The van der Waals surface area contributed by atoms with Gasteiger partial charge in [-0.1, -0.05) is 47.6 Å². The van der Waals surface area contributed by atoms with Gasteiger partial charge in [0, 0.05) is 58.2 Å². The summed E-state index contributed by atoms with van der Waals surface area (Å²) in [6, 6.07) is 11.9. The largest absolute Gasteiger partial charge is 0.466 e. The average Bonchev–Trinajstić information content (AvgIpc) is 3.21. The van der Waals surface area contributed by atoms with Crippen molar-refractivity contribution >= 4 is 63.3 Å². The van der Waals surface area contributed by atoms with Crippen LogP contribution in [0.3, 0.4) is 0 Å². The lowest BCUT2D eigenvalue weighted by Gasteiger charge is -2.32. The van der Waals surface area contributed by atoms with Crippen molar-refractivity contribution in [2.24, 2.45) is 13.0 Å². The number of amides is 1. The second-order valence-electron chi connectivity index (χ2n) is 8.31. The van der Waals surface area contributed by atoms with Crippen LogP contribution in [0.4, 0.5) is 0 Å². The van der Waals surface area contributed by atoms with E-state index in [1.54, 1.807) is 17.9 Å². The lowest BCUT2D eigenvalue weighted by molar-refractivity contribution is -0.150. The Morgan fingerprint density at radius 2 is 1.97 bits per heavy atom. The number of halogens is 2. The molecule has 0 N–H and O–H groups in total.